The van der Waals surface area contributed by atoms with Crippen LogP contribution in [0, 0.1) is 0 Å². The number of rotatable bonds is 2. The number of anilines is 2. The molecule has 1 unspecified atom stereocenters. The highest BCUT2D eigenvalue weighted by atomic mass is 19.4. The van der Waals surface area contributed by atoms with Crippen molar-refractivity contribution in [1.82, 2.24) is 10.3 Å². The van der Waals surface area contributed by atoms with E-state index in [9.17, 15) is 18.0 Å². The molecule has 2 rings (SSSR count). The van der Waals surface area contributed by atoms with Crippen LogP contribution in [0.3, 0.4) is 0 Å². The lowest BCUT2D eigenvalue weighted by Gasteiger charge is -2.27. The van der Waals surface area contributed by atoms with Gasteiger partial charge in [-0.05, 0) is 18.9 Å². The number of carbonyl (C=O) groups excluding carboxylic acids is 1. The number of amides is 1. The van der Waals surface area contributed by atoms with Gasteiger partial charge >= 0.3 is 6.18 Å². The number of halogens is 3. The number of nitrogens with zero attached hydrogens (tertiary/aromatic N) is 2. The number of likely N-dealkylation sites (N-methyl/N-ethyl adjacent to an activating group) is 1. The van der Waals surface area contributed by atoms with E-state index in [1.807, 2.05) is 0 Å². The lowest BCUT2D eigenvalue weighted by molar-refractivity contribution is -0.141. The molecule has 0 aliphatic carbocycles. The normalized spacial score (nSPS) is 19.2. The molecule has 110 valence electrons. The number of nitrogen functional groups attached to an aromatic ring is 1. The first-order valence-electron chi connectivity index (χ1n) is 6.15. The van der Waals surface area contributed by atoms with Crippen molar-refractivity contribution >= 4 is 17.3 Å². The van der Waals surface area contributed by atoms with E-state index >= 15 is 0 Å². The topological polar surface area (TPSA) is 71.2 Å². The van der Waals surface area contributed by atoms with Crippen LogP contribution < -0.4 is 16.0 Å². The molecule has 2 heterocycles. The smallest absolute Gasteiger partial charge is 0.396 e. The van der Waals surface area contributed by atoms with Crippen molar-refractivity contribution in [2.45, 2.75) is 25.1 Å². The summed E-state index contributed by atoms with van der Waals surface area (Å²) in [6, 6.07) is 0.405. The molecule has 0 bridgehead atoms. The highest BCUT2D eigenvalue weighted by Gasteiger charge is 2.36. The van der Waals surface area contributed by atoms with Crippen molar-refractivity contribution in [3.05, 3.63) is 18.0 Å². The monoisotopic (exact) mass is 288 g/mol. The Labute approximate surface area is 114 Å². The summed E-state index contributed by atoms with van der Waals surface area (Å²) in [5.74, 6) is -0.229. The largest absolute Gasteiger partial charge is 0.433 e. The maximum Gasteiger partial charge on any atom is 0.433 e. The van der Waals surface area contributed by atoms with E-state index in [-0.39, 0.29) is 17.3 Å². The molecule has 1 fully saturated rings. The lowest BCUT2D eigenvalue weighted by atomic mass is 10.2. The highest BCUT2D eigenvalue weighted by molar-refractivity contribution is 5.87. The van der Waals surface area contributed by atoms with Crippen LogP contribution in [0.15, 0.2) is 12.3 Å². The number of hydrogen-bond donors (Lipinski definition) is 2. The van der Waals surface area contributed by atoms with Crippen LogP contribution in [0.5, 0.6) is 0 Å². The minimum atomic E-state index is -4.54. The third-order valence-electron chi connectivity index (χ3n) is 3.31. The van der Waals surface area contributed by atoms with Crippen molar-refractivity contribution in [2.24, 2.45) is 0 Å². The van der Waals surface area contributed by atoms with Gasteiger partial charge in [0.05, 0.1) is 17.6 Å². The fraction of sp³-hybridized carbons (Fsp3) is 0.500. The average Bonchev–Trinajstić information content (AvgIpc) is 2.86. The summed E-state index contributed by atoms with van der Waals surface area (Å²) in [7, 11) is 1.50. The molecule has 1 aliphatic heterocycles. The van der Waals surface area contributed by atoms with Crippen molar-refractivity contribution in [3.63, 3.8) is 0 Å². The summed E-state index contributed by atoms with van der Waals surface area (Å²) in [6.07, 6.45) is -2.24. The maximum atomic E-state index is 12.7. The van der Waals surface area contributed by atoms with E-state index in [4.69, 9.17) is 5.73 Å². The summed E-state index contributed by atoms with van der Waals surface area (Å²) in [6.45, 7) is 0.490. The third kappa shape index (κ3) is 2.63. The van der Waals surface area contributed by atoms with Crippen LogP contribution in [0.4, 0.5) is 24.5 Å². The molecule has 1 amide bonds. The number of nitrogens with two attached hydrogens (primary N) is 1. The van der Waals surface area contributed by atoms with Crippen LogP contribution in [-0.2, 0) is 11.0 Å². The van der Waals surface area contributed by atoms with Gasteiger partial charge < -0.3 is 16.0 Å². The second-order valence-electron chi connectivity index (χ2n) is 4.59. The summed E-state index contributed by atoms with van der Waals surface area (Å²) >= 11 is 0. The zero-order chi connectivity index (χ0) is 14.9. The zero-order valence-electron chi connectivity index (χ0n) is 10.9. The van der Waals surface area contributed by atoms with Gasteiger partial charge in [0.1, 0.15) is 11.7 Å². The molecule has 0 radical (unpaired) electrons. The van der Waals surface area contributed by atoms with E-state index < -0.39 is 17.9 Å². The van der Waals surface area contributed by atoms with Gasteiger partial charge in [0.25, 0.3) is 0 Å². The Hall–Kier alpha value is -1.99. The molecule has 1 aromatic heterocycles. The number of hydrogen-bond acceptors (Lipinski definition) is 4. The maximum absolute atomic E-state index is 12.7. The van der Waals surface area contributed by atoms with Gasteiger partial charge in [-0.25, -0.2) is 4.98 Å². The highest BCUT2D eigenvalue weighted by Crippen LogP contribution is 2.35. The van der Waals surface area contributed by atoms with Crippen molar-refractivity contribution in [3.8, 4) is 0 Å². The molecule has 5 nitrogen and oxygen atoms in total. The second-order valence-corrected chi connectivity index (χ2v) is 4.59. The van der Waals surface area contributed by atoms with Gasteiger partial charge in [0.2, 0.25) is 5.91 Å². The predicted molar refractivity (Wildman–Crippen MR) is 68.1 cm³/mol. The number of aromatic nitrogens is 1. The standard InChI is InChI=1S/C12H15F3N4O/c1-17-11(20)8-3-2-4-19(8)9-5-10(12(13,14)15)18-6-7(9)16/h5-6,8H,2-4,16H2,1H3,(H,17,20). The Bertz CT molecular complexity index is 518. The van der Waals surface area contributed by atoms with E-state index in [1.165, 1.54) is 7.05 Å². The van der Waals surface area contributed by atoms with Crippen molar-refractivity contribution < 1.29 is 18.0 Å². The molecule has 0 spiro atoms. The van der Waals surface area contributed by atoms with Crippen LogP contribution >= 0.6 is 0 Å². The Kier molecular flexibility index (Phi) is 3.74. The van der Waals surface area contributed by atoms with Crippen LogP contribution in [0.1, 0.15) is 18.5 Å². The van der Waals surface area contributed by atoms with E-state index in [2.05, 4.69) is 10.3 Å². The van der Waals surface area contributed by atoms with Gasteiger partial charge in [0.15, 0.2) is 0 Å². The predicted octanol–water partition coefficient (Wildman–Crippen LogP) is 1.40. The minimum absolute atomic E-state index is 0.133. The van der Waals surface area contributed by atoms with Gasteiger partial charge in [-0.2, -0.15) is 13.2 Å². The molecule has 0 saturated carbocycles. The van der Waals surface area contributed by atoms with E-state index in [0.717, 1.165) is 18.7 Å². The van der Waals surface area contributed by atoms with Gasteiger partial charge in [-0.15, -0.1) is 0 Å². The molecule has 3 N–H and O–H groups in total. The Morgan fingerprint density at radius 3 is 2.85 bits per heavy atom. The lowest BCUT2D eigenvalue weighted by Crippen LogP contribution is -2.42. The van der Waals surface area contributed by atoms with E-state index in [0.29, 0.717) is 13.0 Å². The molecule has 20 heavy (non-hydrogen) atoms. The summed E-state index contributed by atoms with van der Waals surface area (Å²) in [5, 5.41) is 2.51. The molecule has 1 saturated heterocycles. The van der Waals surface area contributed by atoms with Crippen LogP contribution in [0.2, 0.25) is 0 Å². The van der Waals surface area contributed by atoms with Crippen LogP contribution in [-0.4, -0.2) is 30.5 Å². The van der Waals surface area contributed by atoms with Crippen LogP contribution in [0.25, 0.3) is 0 Å². The number of nitrogens with one attached hydrogen (secondary N) is 1. The molecule has 0 aromatic carbocycles. The van der Waals surface area contributed by atoms with Crippen molar-refractivity contribution in [1.29, 1.82) is 0 Å². The first kappa shape index (κ1) is 14.4. The van der Waals surface area contributed by atoms with Gasteiger partial charge in [-0.3, -0.25) is 4.79 Å². The first-order chi connectivity index (χ1) is 9.34. The quantitative estimate of drug-likeness (QED) is 0.863. The number of carbonyl (C=O) groups is 1. The summed E-state index contributed by atoms with van der Waals surface area (Å²) in [5.41, 5.74) is 5.04. The average molecular weight is 288 g/mol. The number of alkyl halides is 3. The molecular formula is C12H15F3N4O. The van der Waals surface area contributed by atoms with Gasteiger partial charge in [-0.1, -0.05) is 0 Å². The molecule has 1 aliphatic rings. The molecule has 8 heteroatoms. The molecule has 1 aromatic rings. The Morgan fingerprint density at radius 1 is 1.55 bits per heavy atom. The fourth-order valence-corrected chi connectivity index (χ4v) is 2.35. The fourth-order valence-electron chi connectivity index (χ4n) is 2.35. The van der Waals surface area contributed by atoms with Gasteiger partial charge in [0, 0.05) is 13.6 Å². The minimum Gasteiger partial charge on any atom is -0.396 e. The second kappa shape index (κ2) is 5.18. The molecular weight excluding hydrogens is 273 g/mol. The summed E-state index contributed by atoms with van der Waals surface area (Å²) < 4.78 is 38.1. The zero-order valence-corrected chi connectivity index (χ0v) is 10.9. The molecule has 1 atom stereocenters. The summed E-state index contributed by atoms with van der Waals surface area (Å²) in [4.78, 5) is 16.7. The van der Waals surface area contributed by atoms with Crippen molar-refractivity contribution in [2.75, 3.05) is 24.2 Å². The van der Waals surface area contributed by atoms with E-state index in [1.54, 1.807) is 4.90 Å². The SMILES string of the molecule is CNC(=O)C1CCCN1c1cc(C(F)(F)F)ncc1N. The first-order valence-corrected chi connectivity index (χ1v) is 6.15. The third-order valence-corrected chi connectivity index (χ3v) is 3.31. The Morgan fingerprint density at radius 2 is 2.25 bits per heavy atom. The Balaban J connectivity index is 2.38. The number of pyridine rings is 1.